The first-order valence-electron chi connectivity index (χ1n) is 8.07. The van der Waals surface area contributed by atoms with E-state index in [0.29, 0.717) is 30.4 Å². The third-order valence-corrected chi connectivity index (χ3v) is 4.85. The van der Waals surface area contributed by atoms with Crippen molar-refractivity contribution in [2.45, 2.75) is 19.5 Å². The molecule has 0 saturated heterocycles. The van der Waals surface area contributed by atoms with Crippen LogP contribution >= 0.6 is 11.6 Å². The molecule has 0 spiro atoms. The summed E-state index contributed by atoms with van der Waals surface area (Å²) in [6.07, 6.45) is 0.896. The molecule has 0 saturated carbocycles. The second-order valence-electron chi connectivity index (χ2n) is 6.34. The van der Waals surface area contributed by atoms with E-state index in [-0.39, 0.29) is 5.91 Å². The Balaban J connectivity index is 1.62. The summed E-state index contributed by atoms with van der Waals surface area (Å²) in [4.78, 5) is 17.0. The summed E-state index contributed by atoms with van der Waals surface area (Å²) < 4.78 is 5.74. The Labute approximate surface area is 145 Å². The minimum Gasteiger partial charge on any atom is -0.491 e. The lowest BCUT2D eigenvalue weighted by Gasteiger charge is -2.24. The number of likely N-dealkylation sites (N-methyl/N-ethyl adjacent to an activating group) is 1. The van der Waals surface area contributed by atoms with E-state index < -0.39 is 0 Å². The molecule has 0 aliphatic carbocycles. The zero-order chi connectivity index (χ0) is 16.7. The van der Waals surface area contributed by atoms with Crippen molar-refractivity contribution in [1.29, 1.82) is 0 Å². The second kappa shape index (κ2) is 6.11. The highest BCUT2D eigenvalue weighted by Gasteiger charge is 2.28. The lowest BCUT2D eigenvalue weighted by molar-refractivity contribution is 0.0725. The molecule has 0 bridgehead atoms. The minimum absolute atomic E-state index is 0.0563. The van der Waals surface area contributed by atoms with Crippen LogP contribution in [0.1, 0.15) is 27.3 Å². The lowest BCUT2D eigenvalue weighted by atomic mass is 10.1. The molecule has 0 fully saturated rings. The van der Waals surface area contributed by atoms with E-state index in [1.165, 1.54) is 0 Å². The SMILES string of the molecule is CN1CCc2[nH]nc(C(=O)N3CCOc4ccc(Cl)cc4C3)c2C1. The monoisotopic (exact) mass is 346 g/mol. The van der Waals surface area contributed by atoms with E-state index in [1.54, 1.807) is 11.0 Å². The van der Waals surface area contributed by atoms with Crippen LogP contribution in [0.2, 0.25) is 5.02 Å². The van der Waals surface area contributed by atoms with Gasteiger partial charge in [-0.25, -0.2) is 0 Å². The van der Waals surface area contributed by atoms with E-state index >= 15 is 0 Å². The van der Waals surface area contributed by atoms with Gasteiger partial charge in [0, 0.05) is 47.9 Å². The fourth-order valence-corrected chi connectivity index (χ4v) is 3.49. The average molecular weight is 347 g/mol. The number of hydrogen-bond donors (Lipinski definition) is 1. The highest BCUT2D eigenvalue weighted by Crippen LogP contribution is 2.28. The largest absolute Gasteiger partial charge is 0.491 e. The summed E-state index contributed by atoms with van der Waals surface area (Å²) in [6.45, 7) is 3.20. The highest BCUT2D eigenvalue weighted by atomic mass is 35.5. The molecule has 4 rings (SSSR count). The van der Waals surface area contributed by atoms with Gasteiger partial charge in [0.25, 0.3) is 5.91 Å². The van der Waals surface area contributed by atoms with Crippen molar-refractivity contribution in [2.75, 3.05) is 26.7 Å². The van der Waals surface area contributed by atoms with E-state index in [1.807, 2.05) is 12.1 Å². The number of aromatic amines is 1. The molecule has 0 radical (unpaired) electrons. The molecule has 0 atom stereocenters. The van der Waals surface area contributed by atoms with Crippen LogP contribution in [0, 0.1) is 0 Å². The predicted molar refractivity (Wildman–Crippen MR) is 90.3 cm³/mol. The molecule has 1 aromatic carbocycles. The van der Waals surface area contributed by atoms with E-state index in [2.05, 4.69) is 22.1 Å². The molecule has 2 aliphatic heterocycles. The number of H-pyrrole nitrogens is 1. The van der Waals surface area contributed by atoms with Crippen LogP contribution in [0.3, 0.4) is 0 Å². The van der Waals surface area contributed by atoms with Crippen molar-refractivity contribution in [3.05, 3.63) is 45.7 Å². The number of fused-ring (bicyclic) bond motifs is 2. The number of rotatable bonds is 1. The topological polar surface area (TPSA) is 61.5 Å². The molecule has 1 aromatic heterocycles. The van der Waals surface area contributed by atoms with Gasteiger partial charge in [0.1, 0.15) is 12.4 Å². The summed E-state index contributed by atoms with van der Waals surface area (Å²) in [7, 11) is 2.06. The fraction of sp³-hybridized carbons (Fsp3) is 0.412. The van der Waals surface area contributed by atoms with Gasteiger partial charge in [-0.3, -0.25) is 9.89 Å². The van der Waals surface area contributed by atoms with E-state index in [9.17, 15) is 4.79 Å². The molecule has 24 heavy (non-hydrogen) atoms. The molecule has 6 nitrogen and oxygen atoms in total. The first kappa shape index (κ1) is 15.5. The molecule has 2 aliphatic rings. The maximum atomic E-state index is 13.0. The van der Waals surface area contributed by atoms with Gasteiger partial charge in [-0.2, -0.15) is 5.10 Å². The summed E-state index contributed by atoms with van der Waals surface area (Å²) in [6, 6.07) is 5.52. The highest BCUT2D eigenvalue weighted by molar-refractivity contribution is 6.30. The van der Waals surface area contributed by atoms with Gasteiger partial charge in [-0.05, 0) is 25.2 Å². The van der Waals surface area contributed by atoms with E-state index in [4.69, 9.17) is 16.3 Å². The summed E-state index contributed by atoms with van der Waals surface area (Å²) >= 11 is 6.09. The van der Waals surface area contributed by atoms with Gasteiger partial charge in [-0.15, -0.1) is 0 Å². The van der Waals surface area contributed by atoms with Crippen LogP contribution in [0.15, 0.2) is 18.2 Å². The maximum Gasteiger partial charge on any atom is 0.275 e. The summed E-state index contributed by atoms with van der Waals surface area (Å²) in [5.74, 6) is 0.734. The quantitative estimate of drug-likeness (QED) is 0.859. The zero-order valence-electron chi connectivity index (χ0n) is 13.5. The van der Waals surface area contributed by atoms with Crippen LogP contribution in [0.25, 0.3) is 0 Å². The number of halogens is 1. The van der Waals surface area contributed by atoms with Crippen molar-refractivity contribution in [2.24, 2.45) is 0 Å². The first-order valence-corrected chi connectivity index (χ1v) is 8.45. The number of carbonyl (C=O) groups is 1. The van der Waals surface area contributed by atoms with Crippen molar-refractivity contribution >= 4 is 17.5 Å². The van der Waals surface area contributed by atoms with Crippen LogP contribution in [0.5, 0.6) is 5.75 Å². The van der Waals surface area contributed by atoms with Crippen molar-refractivity contribution in [3.63, 3.8) is 0 Å². The average Bonchev–Trinajstić information content (AvgIpc) is 2.85. The third-order valence-electron chi connectivity index (χ3n) is 4.62. The first-order chi connectivity index (χ1) is 11.6. The van der Waals surface area contributed by atoms with Gasteiger partial charge in [0.2, 0.25) is 0 Å². The summed E-state index contributed by atoms with van der Waals surface area (Å²) in [5, 5.41) is 7.98. The zero-order valence-corrected chi connectivity index (χ0v) is 14.3. The lowest BCUT2D eigenvalue weighted by Crippen LogP contribution is -2.34. The Kier molecular flexibility index (Phi) is 3.94. The number of carbonyl (C=O) groups excluding carboxylic acids is 1. The Morgan fingerprint density at radius 1 is 1.33 bits per heavy atom. The smallest absolute Gasteiger partial charge is 0.275 e. The number of hydrogen-bond acceptors (Lipinski definition) is 4. The van der Waals surface area contributed by atoms with Crippen LogP contribution in [-0.2, 0) is 19.5 Å². The van der Waals surface area contributed by atoms with Crippen LogP contribution in [-0.4, -0.2) is 52.6 Å². The molecule has 126 valence electrons. The van der Waals surface area contributed by atoms with Gasteiger partial charge in [0.05, 0.1) is 6.54 Å². The molecule has 1 N–H and O–H groups in total. The minimum atomic E-state index is -0.0563. The normalized spacial score (nSPS) is 17.7. The number of ether oxygens (including phenoxy) is 1. The van der Waals surface area contributed by atoms with Crippen molar-refractivity contribution in [1.82, 2.24) is 20.0 Å². The Bertz CT molecular complexity index is 789. The van der Waals surface area contributed by atoms with E-state index in [0.717, 1.165) is 42.1 Å². The Morgan fingerprint density at radius 2 is 2.21 bits per heavy atom. The molecular weight excluding hydrogens is 328 g/mol. The van der Waals surface area contributed by atoms with Gasteiger partial charge >= 0.3 is 0 Å². The summed E-state index contributed by atoms with van der Waals surface area (Å²) in [5.41, 5.74) is 3.55. The fourth-order valence-electron chi connectivity index (χ4n) is 3.29. The number of nitrogens with zero attached hydrogens (tertiary/aromatic N) is 3. The molecule has 3 heterocycles. The molecule has 1 amide bonds. The van der Waals surface area contributed by atoms with Crippen molar-refractivity contribution in [3.8, 4) is 5.75 Å². The van der Waals surface area contributed by atoms with Gasteiger partial charge in [0.15, 0.2) is 5.69 Å². The number of aromatic nitrogens is 2. The molecule has 7 heteroatoms. The van der Waals surface area contributed by atoms with Gasteiger partial charge < -0.3 is 14.5 Å². The Hall–Kier alpha value is -2.05. The molecule has 2 aromatic rings. The van der Waals surface area contributed by atoms with Gasteiger partial charge in [-0.1, -0.05) is 11.6 Å². The standard InChI is InChI=1S/C17H19ClN4O2/c1-21-5-4-14-13(10-21)16(20-19-14)17(23)22-6-7-24-15-3-2-12(18)8-11(15)9-22/h2-3,8H,4-7,9-10H2,1H3,(H,19,20). The number of benzene rings is 1. The molecule has 0 unspecified atom stereocenters. The maximum absolute atomic E-state index is 13.0. The van der Waals surface area contributed by atoms with Crippen LogP contribution in [0.4, 0.5) is 0 Å². The Morgan fingerprint density at radius 3 is 3.08 bits per heavy atom. The van der Waals surface area contributed by atoms with Crippen LogP contribution < -0.4 is 4.74 Å². The number of amides is 1. The van der Waals surface area contributed by atoms with Crippen molar-refractivity contribution < 1.29 is 9.53 Å². The predicted octanol–water partition coefficient (Wildman–Crippen LogP) is 2.09. The third kappa shape index (κ3) is 2.76. The molecular formula is C17H19ClN4O2. The number of nitrogens with one attached hydrogen (secondary N) is 1. The second-order valence-corrected chi connectivity index (χ2v) is 6.78.